The number of allylic oxidation sites excluding steroid dienone is 2. The Labute approximate surface area is 460 Å². The summed E-state index contributed by atoms with van der Waals surface area (Å²) in [5.41, 5.74) is 12.0. The van der Waals surface area contributed by atoms with Crippen LogP contribution in [0.15, 0.2) is 131 Å². The van der Waals surface area contributed by atoms with E-state index in [4.69, 9.17) is 0 Å². The average Bonchev–Trinajstić information content (AvgIpc) is 4.22. The van der Waals surface area contributed by atoms with Gasteiger partial charge in [-0.25, -0.2) is 0 Å². The first-order valence-electron chi connectivity index (χ1n) is 28.1. The predicted octanol–water partition coefficient (Wildman–Crippen LogP) is 19.5. The Bertz CT molecular complexity index is 3590. The molecule has 8 heteroatoms. The number of unbranched alkanes of at least 4 members (excludes halogenated alkanes) is 2. The second-order valence-electron chi connectivity index (χ2n) is 23.6. The smallest absolute Gasteiger partial charge is 0.206 e. The molecule has 2 aliphatic rings. The van der Waals surface area contributed by atoms with Gasteiger partial charge in [0.1, 0.15) is 11.4 Å². The first kappa shape index (κ1) is 52.8. The van der Waals surface area contributed by atoms with E-state index in [2.05, 4.69) is 218 Å². The van der Waals surface area contributed by atoms with Gasteiger partial charge in [-0.3, -0.25) is 0 Å². The third-order valence-corrected chi connectivity index (χ3v) is 19.0. The van der Waals surface area contributed by atoms with Gasteiger partial charge >= 0.3 is 0 Å². The fraction of sp³-hybridized carbons (Fsp3) is 0.382. The summed E-state index contributed by atoms with van der Waals surface area (Å²) >= 11 is 3.80. The summed E-state index contributed by atoms with van der Waals surface area (Å²) in [5.74, 6) is 1.23. The van der Waals surface area contributed by atoms with Crippen LogP contribution in [0.25, 0.3) is 63.6 Å². The lowest BCUT2D eigenvalue weighted by molar-refractivity contribution is 0.341. The lowest BCUT2D eigenvalue weighted by atomic mass is 9.75. The maximum absolute atomic E-state index is 10.4. The van der Waals surface area contributed by atoms with Crippen molar-refractivity contribution in [1.29, 1.82) is 10.5 Å². The number of anilines is 2. The molecule has 0 radical (unpaired) electrons. The number of benzene rings is 6. The van der Waals surface area contributed by atoms with E-state index in [1.807, 2.05) is 22.7 Å². The van der Waals surface area contributed by atoms with Crippen molar-refractivity contribution in [2.24, 2.45) is 27.7 Å². The monoisotopic (exact) mass is 1040 g/mol. The third kappa shape index (κ3) is 9.67. The third-order valence-electron chi connectivity index (χ3n) is 16.4. The molecule has 0 spiro atoms. The van der Waals surface area contributed by atoms with Gasteiger partial charge in [0.25, 0.3) is 0 Å². The summed E-state index contributed by atoms with van der Waals surface area (Å²) in [6, 6.07) is 41.5. The molecule has 0 amide bonds. The van der Waals surface area contributed by atoms with Crippen LogP contribution in [0, 0.1) is 40.7 Å². The number of hydrogen-bond donors (Lipinski definition) is 0. The fourth-order valence-electron chi connectivity index (χ4n) is 12.6. The van der Waals surface area contributed by atoms with Crippen molar-refractivity contribution in [2.75, 3.05) is 22.9 Å². The van der Waals surface area contributed by atoms with E-state index in [1.165, 1.54) is 94.2 Å². The lowest BCUT2D eigenvalue weighted by Gasteiger charge is -2.32. The zero-order valence-corrected chi connectivity index (χ0v) is 48.3. The minimum absolute atomic E-state index is 0.0150. The van der Waals surface area contributed by atoms with Crippen LogP contribution in [-0.2, 0) is 10.8 Å². The van der Waals surface area contributed by atoms with Crippen molar-refractivity contribution in [3.63, 3.8) is 0 Å². The van der Waals surface area contributed by atoms with Crippen molar-refractivity contribution in [1.82, 2.24) is 0 Å². The molecule has 0 aliphatic carbocycles. The molecule has 6 nitrogen and oxygen atoms in total. The second kappa shape index (κ2) is 21.4. The maximum Gasteiger partial charge on any atom is 0.206 e. The Balaban J connectivity index is 1.01. The quantitative estimate of drug-likeness (QED) is 0.0634. The van der Waals surface area contributed by atoms with Crippen LogP contribution in [0.1, 0.15) is 149 Å². The Morgan fingerprint density at radius 2 is 0.974 bits per heavy atom. The van der Waals surface area contributed by atoms with Crippen molar-refractivity contribution >= 4 is 77.8 Å². The van der Waals surface area contributed by atoms with Gasteiger partial charge in [0, 0.05) is 49.1 Å². The summed E-state index contributed by atoms with van der Waals surface area (Å²) in [4.78, 5) is 19.2. The van der Waals surface area contributed by atoms with E-state index < -0.39 is 0 Å². The van der Waals surface area contributed by atoms with Gasteiger partial charge in [-0.2, -0.15) is 20.5 Å². The molecule has 0 saturated heterocycles. The van der Waals surface area contributed by atoms with Crippen LogP contribution < -0.4 is 9.80 Å². The summed E-state index contributed by atoms with van der Waals surface area (Å²) in [5, 5.41) is 28.5. The molecule has 4 heterocycles. The van der Waals surface area contributed by atoms with Gasteiger partial charge in [0.15, 0.2) is 0 Å². The van der Waals surface area contributed by atoms with Gasteiger partial charge < -0.3 is 9.80 Å². The number of rotatable bonds is 18. The Hall–Kier alpha value is -6.58. The van der Waals surface area contributed by atoms with E-state index in [9.17, 15) is 10.5 Å². The molecule has 0 N–H and O–H groups in total. The molecule has 8 aromatic rings. The van der Waals surface area contributed by atoms with Crippen molar-refractivity contribution in [3.8, 4) is 43.7 Å². The summed E-state index contributed by atoms with van der Waals surface area (Å²) in [6.45, 7) is 26.8. The van der Waals surface area contributed by atoms with Gasteiger partial charge in [0.05, 0.1) is 22.8 Å². The van der Waals surface area contributed by atoms with Crippen LogP contribution in [0.2, 0.25) is 0 Å². The fourth-order valence-corrected chi connectivity index (χ4v) is 14.7. The van der Waals surface area contributed by atoms with Crippen molar-refractivity contribution in [2.45, 2.75) is 138 Å². The molecule has 388 valence electrons. The molecule has 2 atom stereocenters. The van der Waals surface area contributed by atoms with E-state index in [0.717, 1.165) is 65.1 Å². The molecular formula is C68H74N6S2. The van der Waals surface area contributed by atoms with Crippen molar-refractivity contribution < 1.29 is 0 Å². The van der Waals surface area contributed by atoms with Gasteiger partial charge in [-0.1, -0.05) is 144 Å². The predicted molar refractivity (Wildman–Crippen MR) is 328 cm³/mol. The van der Waals surface area contributed by atoms with Crippen LogP contribution in [-0.4, -0.2) is 24.5 Å². The zero-order valence-electron chi connectivity index (χ0n) is 46.7. The molecule has 2 aromatic heterocycles. The second-order valence-corrected chi connectivity index (χ2v) is 25.8. The van der Waals surface area contributed by atoms with Crippen molar-refractivity contribution in [3.05, 3.63) is 142 Å². The molecule has 10 rings (SSSR count). The van der Waals surface area contributed by atoms with Gasteiger partial charge in [-0.05, 0) is 170 Å². The van der Waals surface area contributed by atoms with E-state index in [1.54, 1.807) is 0 Å². The summed E-state index contributed by atoms with van der Waals surface area (Å²) < 4.78 is 0. The number of fused-ring (bicyclic) bond motifs is 2. The largest absolute Gasteiger partial charge is 0.337 e. The molecule has 0 saturated carbocycles. The number of thiophene rings is 2. The minimum Gasteiger partial charge on any atom is -0.337 e. The molecule has 2 aliphatic heterocycles. The summed E-state index contributed by atoms with van der Waals surface area (Å²) in [6.07, 6.45) is 13.7. The molecule has 76 heavy (non-hydrogen) atoms. The normalized spacial score (nSPS) is 17.3. The highest BCUT2D eigenvalue weighted by Crippen LogP contribution is 2.49. The topological polar surface area (TPSA) is 78.8 Å². The number of hydrogen-bond acceptors (Lipinski definition) is 8. The molecule has 2 unspecified atom stereocenters. The average molecular weight is 1040 g/mol. The van der Waals surface area contributed by atoms with Crippen LogP contribution in [0.5, 0.6) is 0 Å². The highest BCUT2D eigenvalue weighted by atomic mass is 32.1. The van der Waals surface area contributed by atoms with E-state index in [-0.39, 0.29) is 16.7 Å². The molecule has 6 aromatic carbocycles. The van der Waals surface area contributed by atoms with Crippen LogP contribution in [0.4, 0.5) is 11.4 Å². The Morgan fingerprint density at radius 1 is 0.513 bits per heavy atom. The molecular weight excluding hydrogens is 965 g/mol. The standard InChI is InChI=1S/C68H74N6S2/c1-12-15-29-67(10,14-3)52-22-24-54-56(36-52)74(39-44(8)9)66(64(54)72-41-70)65-63(71-40-69)53-23-21-45(35-55(53)73(65)38-43(6)7)57-25-26-58(75-57)50-31-46-17-19-48-33-51(34-49-20-18-47(32-50)61(46)62(48)49)59-27-28-60(76-59)68(11,30-16-13-2)37-42(4)5/h17-28,31-36,42-44H,12-16,29-30,37-39H2,1-11H3/b66-65+,71-63+,72-64+. The SMILES string of the molecule is CCCCC(C)(CC)c1ccc2c(c1)N(CC(C)C)C(=C1\C(=N\C#N)c3ccc(-c4ccc(-c5cc6ccc7cc(-c8ccc(C(C)(CCCC)CC(C)C)s8)cc8ccc(c5)c6c78)s4)cc3N1CC(C)C)/C2=N/C#N. The van der Waals surface area contributed by atoms with Crippen LogP contribution in [0.3, 0.4) is 0 Å². The van der Waals surface area contributed by atoms with Gasteiger partial charge in [0.2, 0.25) is 12.4 Å². The molecule has 0 fully saturated rings. The van der Waals surface area contributed by atoms with E-state index >= 15 is 0 Å². The first-order valence-corrected chi connectivity index (χ1v) is 29.7. The summed E-state index contributed by atoms with van der Waals surface area (Å²) in [7, 11) is 0. The highest BCUT2D eigenvalue weighted by molar-refractivity contribution is 7.18. The highest BCUT2D eigenvalue weighted by Gasteiger charge is 2.42. The van der Waals surface area contributed by atoms with Crippen LogP contribution >= 0.6 is 22.7 Å². The number of aliphatic imine (C=N–C) groups is 2. The minimum atomic E-state index is 0.0150. The Morgan fingerprint density at radius 3 is 1.45 bits per heavy atom. The van der Waals surface area contributed by atoms with E-state index in [0.29, 0.717) is 36.3 Å². The van der Waals surface area contributed by atoms with Gasteiger partial charge in [-0.15, -0.1) is 22.7 Å². The molecule has 0 bridgehead atoms. The number of nitrogens with zero attached hydrogens (tertiary/aromatic N) is 6. The maximum atomic E-state index is 10.4. The first-order chi connectivity index (χ1) is 36.6. The zero-order chi connectivity index (χ0) is 53.6. The lowest BCUT2D eigenvalue weighted by Crippen LogP contribution is -2.34. The Kier molecular flexibility index (Phi) is 14.9. The number of nitriles is 2.